The fourth-order valence-corrected chi connectivity index (χ4v) is 2.50. The van der Waals surface area contributed by atoms with Gasteiger partial charge in [0.25, 0.3) is 5.69 Å². The summed E-state index contributed by atoms with van der Waals surface area (Å²) >= 11 is 5.51. The van der Waals surface area contributed by atoms with Gasteiger partial charge >= 0.3 is 12.1 Å². The Hall–Kier alpha value is -3.20. The molecule has 10 heteroatoms. The summed E-state index contributed by atoms with van der Waals surface area (Å²) in [5.74, 6) is -1.63. The van der Waals surface area contributed by atoms with Gasteiger partial charge in [-0.3, -0.25) is 19.7 Å². The Morgan fingerprint density at radius 2 is 1.86 bits per heavy atom. The second-order valence-corrected chi connectivity index (χ2v) is 6.17. The van der Waals surface area contributed by atoms with Gasteiger partial charge in [-0.15, -0.1) is 0 Å². The number of rotatable bonds is 7. The van der Waals surface area contributed by atoms with Crippen LogP contribution in [-0.2, 0) is 27.1 Å². The molecule has 0 fully saturated rings. The number of benzene rings is 2. The van der Waals surface area contributed by atoms with Gasteiger partial charge in [0.2, 0.25) is 0 Å². The van der Waals surface area contributed by atoms with Crippen LogP contribution in [0.1, 0.15) is 23.1 Å². The number of ether oxygens (including phenoxy) is 1. The van der Waals surface area contributed by atoms with Gasteiger partial charge in [-0.05, 0) is 35.9 Å². The maximum absolute atomic E-state index is 12.8. The van der Waals surface area contributed by atoms with Gasteiger partial charge in [-0.25, -0.2) is 0 Å². The van der Waals surface area contributed by atoms with Crippen LogP contribution in [0.25, 0.3) is 6.08 Å². The molecule has 0 saturated heterocycles. The molecular formula is C19H13ClF3NO5. The summed E-state index contributed by atoms with van der Waals surface area (Å²) < 4.78 is 43.3. The fourth-order valence-electron chi connectivity index (χ4n) is 2.27. The number of ketones is 1. The maximum Gasteiger partial charge on any atom is 0.417 e. The predicted molar refractivity (Wildman–Crippen MR) is 98.0 cm³/mol. The molecule has 0 aliphatic carbocycles. The monoisotopic (exact) mass is 427 g/mol. The van der Waals surface area contributed by atoms with Crippen LogP contribution >= 0.6 is 11.6 Å². The third kappa shape index (κ3) is 6.42. The molecule has 29 heavy (non-hydrogen) atoms. The van der Waals surface area contributed by atoms with Gasteiger partial charge in [0.15, 0.2) is 5.78 Å². The van der Waals surface area contributed by atoms with Gasteiger partial charge in [-0.2, -0.15) is 13.2 Å². The average Bonchev–Trinajstić information content (AvgIpc) is 2.65. The molecule has 6 nitrogen and oxygen atoms in total. The highest BCUT2D eigenvalue weighted by Crippen LogP contribution is 2.35. The highest BCUT2D eigenvalue weighted by molar-refractivity contribution is 6.31. The smallest absolute Gasteiger partial charge is 0.417 e. The van der Waals surface area contributed by atoms with E-state index in [2.05, 4.69) is 0 Å². The Kier molecular flexibility index (Phi) is 7.11. The number of hydrogen-bond donors (Lipinski definition) is 0. The fraction of sp³-hybridized carbons (Fsp3) is 0.158. The number of nitrogens with zero attached hydrogens (tertiary/aromatic N) is 1. The van der Waals surface area contributed by atoms with Crippen molar-refractivity contribution in [3.63, 3.8) is 0 Å². The molecule has 0 atom stereocenters. The van der Waals surface area contributed by atoms with E-state index in [1.807, 2.05) is 0 Å². The van der Waals surface area contributed by atoms with Crippen LogP contribution in [0.2, 0.25) is 5.02 Å². The highest BCUT2D eigenvalue weighted by atomic mass is 35.5. The minimum Gasteiger partial charge on any atom is -0.460 e. The van der Waals surface area contributed by atoms with E-state index in [1.165, 1.54) is 30.3 Å². The molecule has 2 aromatic carbocycles. The van der Waals surface area contributed by atoms with Gasteiger partial charge in [0.1, 0.15) is 13.0 Å². The lowest BCUT2D eigenvalue weighted by atomic mass is 10.1. The Morgan fingerprint density at radius 3 is 2.52 bits per heavy atom. The number of allylic oxidation sites excluding steroid dienone is 1. The van der Waals surface area contributed by atoms with E-state index in [0.717, 1.165) is 18.2 Å². The average molecular weight is 428 g/mol. The lowest BCUT2D eigenvalue weighted by molar-refractivity contribution is -0.385. The summed E-state index contributed by atoms with van der Waals surface area (Å²) in [4.78, 5) is 33.8. The summed E-state index contributed by atoms with van der Waals surface area (Å²) in [7, 11) is 0. The summed E-state index contributed by atoms with van der Waals surface area (Å²) in [5.41, 5.74) is -1.03. The zero-order valence-electron chi connectivity index (χ0n) is 14.6. The van der Waals surface area contributed by atoms with Crippen LogP contribution in [-0.4, -0.2) is 16.7 Å². The number of para-hydroxylation sites is 1. The first kappa shape index (κ1) is 22.1. The quantitative estimate of drug-likeness (QED) is 0.204. The van der Waals surface area contributed by atoms with Crippen LogP contribution < -0.4 is 0 Å². The molecule has 0 bridgehead atoms. The van der Waals surface area contributed by atoms with Crippen LogP contribution in [0.15, 0.2) is 48.5 Å². The molecule has 0 aromatic heterocycles. The van der Waals surface area contributed by atoms with Gasteiger partial charge in [-0.1, -0.05) is 29.8 Å². The van der Waals surface area contributed by atoms with E-state index in [9.17, 15) is 32.9 Å². The van der Waals surface area contributed by atoms with Crippen molar-refractivity contribution in [1.82, 2.24) is 0 Å². The molecule has 0 amide bonds. The van der Waals surface area contributed by atoms with Crippen LogP contribution in [0.3, 0.4) is 0 Å². The largest absolute Gasteiger partial charge is 0.460 e. The summed E-state index contributed by atoms with van der Waals surface area (Å²) in [6.45, 7) is -0.472. The van der Waals surface area contributed by atoms with Crippen LogP contribution in [0.4, 0.5) is 18.9 Å². The Labute approximate surface area is 167 Å². The normalized spacial score (nSPS) is 11.4. The molecule has 0 heterocycles. The van der Waals surface area contributed by atoms with Crippen molar-refractivity contribution < 1.29 is 32.4 Å². The molecule has 0 N–H and O–H groups in total. The summed E-state index contributed by atoms with van der Waals surface area (Å²) in [6.07, 6.45) is -3.13. The molecule has 0 spiro atoms. The number of halogens is 4. The van der Waals surface area contributed by atoms with Gasteiger partial charge in [0, 0.05) is 6.07 Å². The minimum atomic E-state index is -4.65. The molecular weight excluding hydrogens is 415 g/mol. The van der Waals surface area contributed by atoms with Crippen molar-refractivity contribution in [3.05, 3.63) is 80.4 Å². The molecule has 0 aliphatic heterocycles. The second kappa shape index (κ2) is 9.33. The summed E-state index contributed by atoms with van der Waals surface area (Å²) in [5, 5.41) is 10.4. The van der Waals surface area contributed by atoms with Gasteiger partial charge < -0.3 is 4.74 Å². The SMILES string of the molecule is O=C(C=Cc1ccccc1[N+](=O)[O-])CC(=O)OCc1ccc(Cl)c(C(F)(F)F)c1. The number of nitro benzene ring substituents is 1. The molecule has 2 rings (SSSR count). The topological polar surface area (TPSA) is 86.5 Å². The van der Waals surface area contributed by atoms with Crippen molar-refractivity contribution in [2.75, 3.05) is 0 Å². The summed E-state index contributed by atoms with van der Waals surface area (Å²) in [6, 6.07) is 8.77. The molecule has 0 saturated carbocycles. The number of hydrogen-bond acceptors (Lipinski definition) is 5. The van der Waals surface area contributed by atoms with Gasteiger partial charge in [0.05, 0.1) is 21.1 Å². The maximum atomic E-state index is 12.8. The standard InChI is InChI=1S/C19H13ClF3NO5/c20-16-8-5-12(9-15(16)19(21,22)23)11-29-18(26)10-14(25)7-6-13-3-1-2-4-17(13)24(27)28/h1-9H,10-11H2. The lowest BCUT2D eigenvalue weighted by Gasteiger charge is -2.11. The number of nitro groups is 1. The van der Waals surface area contributed by atoms with Crippen molar-refractivity contribution in [2.45, 2.75) is 19.2 Å². The zero-order valence-corrected chi connectivity index (χ0v) is 15.4. The van der Waals surface area contributed by atoms with E-state index < -0.39 is 46.5 Å². The minimum absolute atomic E-state index is 0.0537. The van der Waals surface area contributed by atoms with E-state index in [0.29, 0.717) is 0 Å². The van der Waals surface area contributed by atoms with Crippen LogP contribution in [0.5, 0.6) is 0 Å². The number of esters is 1. The molecule has 2 aromatic rings. The van der Waals surface area contributed by atoms with Crippen molar-refractivity contribution in [2.24, 2.45) is 0 Å². The van der Waals surface area contributed by atoms with E-state index >= 15 is 0 Å². The third-order valence-electron chi connectivity index (χ3n) is 3.64. The molecule has 152 valence electrons. The van der Waals surface area contributed by atoms with E-state index in [-0.39, 0.29) is 16.8 Å². The van der Waals surface area contributed by atoms with Crippen LogP contribution in [0, 0.1) is 10.1 Å². The number of carbonyl (C=O) groups excluding carboxylic acids is 2. The van der Waals surface area contributed by atoms with Crippen molar-refractivity contribution >= 4 is 35.1 Å². The lowest BCUT2D eigenvalue weighted by Crippen LogP contribution is -2.11. The molecule has 0 unspecified atom stereocenters. The predicted octanol–water partition coefficient (Wildman–Crippen LogP) is 4.98. The Balaban J connectivity index is 1.95. The number of alkyl halides is 3. The first-order chi connectivity index (χ1) is 13.6. The highest BCUT2D eigenvalue weighted by Gasteiger charge is 2.33. The second-order valence-electron chi connectivity index (χ2n) is 5.76. The Morgan fingerprint density at radius 1 is 1.17 bits per heavy atom. The van der Waals surface area contributed by atoms with Crippen molar-refractivity contribution in [1.29, 1.82) is 0 Å². The first-order valence-corrected chi connectivity index (χ1v) is 8.41. The third-order valence-corrected chi connectivity index (χ3v) is 3.97. The van der Waals surface area contributed by atoms with Crippen molar-refractivity contribution in [3.8, 4) is 0 Å². The van der Waals surface area contributed by atoms with E-state index in [4.69, 9.17) is 16.3 Å². The van der Waals surface area contributed by atoms with E-state index in [1.54, 1.807) is 6.07 Å². The Bertz CT molecular complexity index is 973. The first-order valence-electron chi connectivity index (χ1n) is 8.03. The molecule has 0 radical (unpaired) electrons. The molecule has 0 aliphatic rings. The zero-order chi connectivity index (χ0) is 21.6. The number of carbonyl (C=O) groups is 2.